The van der Waals surface area contributed by atoms with Gasteiger partial charge in [0.1, 0.15) is 17.7 Å². The number of amides is 2. The van der Waals surface area contributed by atoms with E-state index in [1.54, 1.807) is 0 Å². The molecule has 2 aromatic carbocycles. The fourth-order valence-corrected chi connectivity index (χ4v) is 4.91. The maximum atomic E-state index is 14.6. The molecule has 1 saturated carbocycles. The lowest BCUT2D eigenvalue weighted by Crippen LogP contribution is -2.47. The van der Waals surface area contributed by atoms with Gasteiger partial charge in [-0.15, -0.1) is 0 Å². The highest BCUT2D eigenvalue weighted by Gasteiger charge is 2.41. The van der Waals surface area contributed by atoms with Crippen LogP contribution in [0.2, 0.25) is 0 Å². The molecule has 194 valence electrons. The normalized spacial score (nSPS) is 19.3. The second-order valence-electron chi connectivity index (χ2n) is 8.90. The summed E-state index contributed by atoms with van der Waals surface area (Å²) in [6, 6.07) is 2.64. The molecule has 2 fully saturated rings. The number of halogens is 5. The van der Waals surface area contributed by atoms with Crippen LogP contribution in [0.15, 0.2) is 41.3 Å². The number of nitrogens with two attached hydrogens (primary N) is 1. The van der Waals surface area contributed by atoms with Crippen LogP contribution in [0.5, 0.6) is 0 Å². The van der Waals surface area contributed by atoms with Crippen LogP contribution in [-0.4, -0.2) is 37.7 Å². The van der Waals surface area contributed by atoms with Gasteiger partial charge in [0.05, 0.1) is 22.1 Å². The molecule has 0 radical (unpaired) electrons. The Hall–Kier alpha value is -3.06. The number of nitrogens with one attached hydrogen (secondary N) is 1. The van der Waals surface area contributed by atoms with Crippen molar-refractivity contribution in [2.45, 2.75) is 48.8 Å². The second kappa shape index (κ2) is 9.43. The minimum Gasteiger partial charge on any atom is -0.347 e. The van der Waals surface area contributed by atoms with E-state index in [-0.39, 0.29) is 24.4 Å². The molecule has 1 unspecified atom stereocenters. The highest BCUT2D eigenvalue weighted by Crippen LogP contribution is 2.43. The van der Waals surface area contributed by atoms with Gasteiger partial charge in [-0.25, -0.2) is 22.3 Å². The predicted octanol–water partition coefficient (Wildman–Crippen LogP) is 3.50. The van der Waals surface area contributed by atoms with Crippen molar-refractivity contribution in [2.75, 3.05) is 6.54 Å². The summed E-state index contributed by atoms with van der Waals surface area (Å²) in [4.78, 5) is 26.8. The van der Waals surface area contributed by atoms with Crippen molar-refractivity contribution in [1.82, 2.24) is 10.2 Å². The van der Waals surface area contributed by atoms with Gasteiger partial charge in [-0.1, -0.05) is 6.07 Å². The van der Waals surface area contributed by atoms with Gasteiger partial charge < -0.3 is 10.2 Å². The molecule has 0 bridgehead atoms. The Morgan fingerprint density at radius 3 is 2.31 bits per heavy atom. The molecular formula is C23H22F5N3O4S. The smallest absolute Gasteiger partial charge is 0.347 e. The average molecular weight is 532 g/mol. The Morgan fingerprint density at radius 2 is 1.72 bits per heavy atom. The summed E-state index contributed by atoms with van der Waals surface area (Å²) in [6.45, 7) is 0.0820. The van der Waals surface area contributed by atoms with Gasteiger partial charge in [-0.2, -0.15) is 13.2 Å². The zero-order chi connectivity index (χ0) is 26.4. The molecule has 4 rings (SSSR count). The summed E-state index contributed by atoms with van der Waals surface area (Å²) in [5, 5.41) is 7.72. The van der Waals surface area contributed by atoms with E-state index in [0.29, 0.717) is 25.3 Å². The third-order valence-electron chi connectivity index (χ3n) is 6.37. The molecule has 2 aliphatic rings. The van der Waals surface area contributed by atoms with Gasteiger partial charge in [-0.05, 0) is 61.9 Å². The van der Waals surface area contributed by atoms with E-state index in [4.69, 9.17) is 5.14 Å². The molecule has 13 heteroatoms. The Kier molecular flexibility index (Phi) is 6.82. The highest BCUT2D eigenvalue weighted by atomic mass is 32.2. The zero-order valence-electron chi connectivity index (χ0n) is 18.7. The number of nitrogens with zero attached hydrogens (tertiary/aromatic N) is 1. The lowest BCUT2D eigenvalue weighted by molar-refractivity contribution is -0.137. The number of likely N-dealkylation sites (tertiary alicyclic amines) is 1. The van der Waals surface area contributed by atoms with E-state index in [1.165, 1.54) is 0 Å². The number of hydrogen-bond donors (Lipinski definition) is 2. The molecule has 2 aromatic rings. The molecule has 1 saturated heterocycles. The first-order valence-electron chi connectivity index (χ1n) is 11.1. The van der Waals surface area contributed by atoms with Crippen LogP contribution < -0.4 is 10.5 Å². The molecule has 1 aliphatic carbocycles. The second-order valence-corrected chi connectivity index (χ2v) is 10.5. The maximum Gasteiger partial charge on any atom is 0.416 e. The largest absolute Gasteiger partial charge is 0.416 e. The molecule has 36 heavy (non-hydrogen) atoms. The highest BCUT2D eigenvalue weighted by molar-refractivity contribution is 7.89. The topological polar surface area (TPSA) is 110 Å². The summed E-state index contributed by atoms with van der Waals surface area (Å²) >= 11 is 0. The summed E-state index contributed by atoms with van der Waals surface area (Å²) in [5.41, 5.74) is -1.82. The molecule has 3 N–H and O–H groups in total. The van der Waals surface area contributed by atoms with Crippen LogP contribution in [0.25, 0.3) is 0 Å². The lowest BCUT2D eigenvalue weighted by atomic mass is 9.99. The van der Waals surface area contributed by atoms with Crippen LogP contribution in [0, 0.1) is 17.6 Å². The molecule has 1 aliphatic heterocycles. The van der Waals surface area contributed by atoms with Crippen LogP contribution >= 0.6 is 0 Å². The Balaban J connectivity index is 1.56. The minimum atomic E-state index is -4.72. The SMILES string of the molecule is NS(=O)(=O)c1ccc(F)c(C(=O)N2CCC[C@@H]2C(=O)NC(c2ccc(C(F)(F)F)cc2F)C2CC2)c1. The number of carbonyl (C=O) groups is 2. The van der Waals surface area contributed by atoms with Gasteiger partial charge in [-0.3, -0.25) is 9.59 Å². The van der Waals surface area contributed by atoms with Crippen molar-refractivity contribution in [2.24, 2.45) is 11.1 Å². The monoisotopic (exact) mass is 531 g/mol. The summed E-state index contributed by atoms with van der Waals surface area (Å²) < 4.78 is 91.0. The van der Waals surface area contributed by atoms with Gasteiger partial charge in [0.15, 0.2) is 0 Å². The molecule has 2 atom stereocenters. The number of alkyl halides is 3. The van der Waals surface area contributed by atoms with Crippen molar-refractivity contribution in [3.63, 3.8) is 0 Å². The summed E-state index contributed by atoms with van der Waals surface area (Å²) in [7, 11) is -4.22. The Morgan fingerprint density at radius 1 is 1.03 bits per heavy atom. The standard InChI is InChI=1S/C23H22F5N3O4S/c24-17-8-6-14(36(29,34)35)11-16(17)22(33)31-9-1-2-19(31)21(32)30-20(12-3-4-12)15-7-5-13(10-18(15)25)23(26,27)28/h5-8,10-12,19-20H,1-4,9H2,(H,30,32)(H2,29,34,35)/t19-,20?/m1/s1. The van der Waals surface area contributed by atoms with E-state index in [1.807, 2.05) is 0 Å². The van der Waals surface area contributed by atoms with Crippen LogP contribution in [0.1, 0.15) is 53.2 Å². The molecule has 1 heterocycles. The molecule has 0 aromatic heterocycles. The lowest BCUT2D eigenvalue weighted by Gasteiger charge is -2.27. The van der Waals surface area contributed by atoms with E-state index in [2.05, 4.69) is 5.32 Å². The van der Waals surface area contributed by atoms with Crippen molar-refractivity contribution >= 4 is 21.8 Å². The predicted molar refractivity (Wildman–Crippen MR) is 117 cm³/mol. The number of carbonyl (C=O) groups excluding carboxylic acids is 2. The fraction of sp³-hybridized carbons (Fsp3) is 0.391. The minimum absolute atomic E-state index is 0.0820. The zero-order valence-corrected chi connectivity index (χ0v) is 19.5. The molecular weight excluding hydrogens is 509 g/mol. The van der Waals surface area contributed by atoms with Crippen molar-refractivity contribution in [3.05, 3.63) is 64.7 Å². The Labute approximate surface area is 203 Å². The van der Waals surface area contributed by atoms with Crippen molar-refractivity contribution in [3.8, 4) is 0 Å². The number of primary sulfonamides is 1. The quantitative estimate of drug-likeness (QED) is 0.556. The summed E-state index contributed by atoms with van der Waals surface area (Å²) in [5.74, 6) is -3.88. The van der Waals surface area contributed by atoms with E-state index in [0.717, 1.165) is 35.2 Å². The van der Waals surface area contributed by atoms with Gasteiger partial charge >= 0.3 is 6.18 Å². The number of benzene rings is 2. The number of rotatable bonds is 6. The molecule has 0 spiro atoms. The Bertz CT molecular complexity index is 1310. The first kappa shape index (κ1) is 26.0. The summed E-state index contributed by atoms with van der Waals surface area (Å²) in [6.07, 6.45) is -2.86. The van der Waals surface area contributed by atoms with Gasteiger partial charge in [0, 0.05) is 12.1 Å². The van der Waals surface area contributed by atoms with Gasteiger partial charge in [0.2, 0.25) is 15.9 Å². The third kappa shape index (κ3) is 5.36. The van der Waals surface area contributed by atoms with E-state index in [9.17, 15) is 40.0 Å². The van der Waals surface area contributed by atoms with Crippen molar-refractivity contribution < 1.29 is 40.0 Å². The number of sulfonamides is 1. The average Bonchev–Trinajstić information content (AvgIpc) is 3.51. The fourth-order valence-electron chi connectivity index (χ4n) is 4.37. The molecule has 7 nitrogen and oxygen atoms in total. The van der Waals surface area contributed by atoms with Crippen LogP contribution in [0.3, 0.4) is 0 Å². The first-order chi connectivity index (χ1) is 16.8. The molecule has 2 amide bonds. The number of hydrogen-bond acceptors (Lipinski definition) is 4. The van der Waals surface area contributed by atoms with Crippen LogP contribution in [0.4, 0.5) is 22.0 Å². The first-order valence-corrected chi connectivity index (χ1v) is 12.6. The van der Waals surface area contributed by atoms with Gasteiger partial charge in [0.25, 0.3) is 5.91 Å². The van der Waals surface area contributed by atoms with E-state index < -0.39 is 67.8 Å². The van der Waals surface area contributed by atoms with E-state index >= 15 is 0 Å². The van der Waals surface area contributed by atoms with Crippen LogP contribution in [-0.2, 0) is 21.0 Å². The third-order valence-corrected chi connectivity index (χ3v) is 7.28. The van der Waals surface area contributed by atoms with Crippen molar-refractivity contribution in [1.29, 1.82) is 0 Å². The maximum absolute atomic E-state index is 14.6.